The molecule has 0 spiro atoms. The summed E-state index contributed by atoms with van der Waals surface area (Å²) in [5.41, 5.74) is 11.5. The van der Waals surface area contributed by atoms with E-state index in [0.717, 1.165) is 88.9 Å². The molecule has 0 unspecified atom stereocenters. The second-order valence-corrected chi connectivity index (χ2v) is 15.5. The van der Waals surface area contributed by atoms with Crippen molar-refractivity contribution in [1.82, 2.24) is 24.1 Å². The molecule has 3 aromatic heterocycles. The van der Waals surface area contributed by atoms with Crippen LogP contribution in [0.2, 0.25) is 0 Å². The largest absolute Gasteiger partial charge is 0.417 e. The number of fused-ring (bicyclic) bond motifs is 6. The molecule has 0 amide bonds. The van der Waals surface area contributed by atoms with Crippen molar-refractivity contribution in [3.05, 3.63) is 173 Å². The quantitative estimate of drug-likeness (QED) is 0.175. The van der Waals surface area contributed by atoms with Crippen LogP contribution in [0.1, 0.15) is 33.9 Å². The lowest BCUT2D eigenvalue weighted by molar-refractivity contribution is -0.137. The molecule has 0 aliphatic heterocycles. The predicted molar refractivity (Wildman–Crippen MR) is 233 cm³/mol. The van der Waals surface area contributed by atoms with Gasteiger partial charge in [-0.15, -0.1) is 0 Å². The molecule has 0 saturated heterocycles. The molecular formula is C51H38F3N5. The van der Waals surface area contributed by atoms with Gasteiger partial charge in [-0.3, -0.25) is 0 Å². The first kappa shape index (κ1) is 36.3. The lowest BCUT2D eigenvalue weighted by atomic mass is 9.94. The molecule has 7 aromatic carbocycles. The molecule has 0 saturated carbocycles. The van der Waals surface area contributed by atoms with Gasteiger partial charge in [-0.1, -0.05) is 89.5 Å². The first-order valence-corrected chi connectivity index (χ1v) is 19.6. The summed E-state index contributed by atoms with van der Waals surface area (Å²) in [4.78, 5) is 14.3. The van der Waals surface area contributed by atoms with Crippen LogP contribution in [-0.2, 0) is 6.18 Å². The zero-order chi connectivity index (χ0) is 40.7. The molecule has 0 radical (unpaired) electrons. The van der Waals surface area contributed by atoms with E-state index in [1.54, 1.807) is 18.2 Å². The van der Waals surface area contributed by atoms with Crippen molar-refractivity contribution in [2.45, 2.75) is 40.8 Å². The first-order valence-electron chi connectivity index (χ1n) is 19.6. The van der Waals surface area contributed by atoms with Gasteiger partial charge in [0, 0.05) is 32.7 Å². The highest BCUT2D eigenvalue weighted by atomic mass is 19.4. The molecule has 0 N–H and O–H groups in total. The maximum Gasteiger partial charge on any atom is 0.417 e. The molecule has 10 aromatic rings. The third-order valence-electron chi connectivity index (χ3n) is 11.3. The van der Waals surface area contributed by atoms with Crippen molar-refractivity contribution in [2.75, 3.05) is 0 Å². The van der Waals surface area contributed by atoms with Gasteiger partial charge >= 0.3 is 6.18 Å². The number of halogens is 3. The van der Waals surface area contributed by atoms with E-state index in [9.17, 15) is 13.2 Å². The third-order valence-corrected chi connectivity index (χ3v) is 11.3. The molecule has 59 heavy (non-hydrogen) atoms. The van der Waals surface area contributed by atoms with Crippen molar-refractivity contribution in [3.8, 4) is 45.0 Å². The molecular weight excluding hydrogens is 740 g/mol. The topological polar surface area (TPSA) is 48.5 Å². The average Bonchev–Trinajstić information content (AvgIpc) is 3.71. The number of rotatable bonds is 5. The molecule has 0 bridgehead atoms. The average molecular weight is 778 g/mol. The highest BCUT2D eigenvalue weighted by molar-refractivity contribution is 6.11. The number of alkyl halides is 3. The first-order chi connectivity index (χ1) is 28.4. The maximum absolute atomic E-state index is 14.6. The molecule has 0 fully saturated rings. The van der Waals surface area contributed by atoms with Crippen molar-refractivity contribution in [2.24, 2.45) is 0 Å². The van der Waals surface area contributed by atoms with Gasteiger partial charge in [0.2, 0.25) is 0 Å². The molecule has 0 aliphatic carbocycles. The second kappa shape index (κ2) is 13.5. The monoisotopic (exact) mass is 777 g/mol. The summed E-state index contributed by atoms with van der Waals surface area (Å²) in [6, 6.07) is 45.4. The van der Waals surface area contributed by atoms with E-state index >= 15 is 0 Å². The second-order valence-electron chi connectivity index (χ2n) is 15.5. The SMILES string of the molecule is Cc1ccc2c(c1)c1cc(C)ccc1n2-c1cc(-c2ccccc2C(F)(F)F)ccc1-c1ccc(-n2c3ccccc3c3cc(C)ccc32)c(-c2nc(C)nc(C)n2)c1. The van der Waals surface area contributed by atoms with Crippen molar-refractivity contribution in [1.29, 1.82) is 0 Å². The zero-order valence-corrected chi connectivity index (χ0v) is 33.1. The van der Waals surface area contributed by atoms with Gasteiger partial charge in [-0.2, -0.15) is 13.2 Å². The Kier molecular flexibility index (Phi) is 8.32. The summed E-state index contributed by atoms with van der Waals surface area (Å²) in [7, 11) is 0. The van der Waals surface area contributed by atoms with Gasteiger partial charge in [0.05, 0.1) is 39.0 Å². The van der Waals surface area contributed by atoms with Gasteiger partial charge in [-0.25, -0.2) is 15.0 Å². The van der Waals surface area contributed by atoms with E-state index in [4.69, 9.17) is 9.97 Å². The smallest absolute Gasteiger partial charge is 0.309 e. The summed E-state index contributed by atoms with van der Waals surface area (Å²) >= 11 is 0. The Morgan fingerprint density at radius 1 is 0.407 bits per heavy atom. The van der Waals surface area contributed by atoms with E-state index in [2.05, 4.69) is 132 Å². The molecule has 10 rings (SSSR count). The summed E-state index contributed by atoms with van der Waals surface area (Å²) < 4.78 is 48.1. The van der Waals surface area contributed by atoms with Crippen LogP contribution in [0.3, 0.4) is 0 Å². The maximum atomic E-state index is 14.6. The van der Waals surface area contributed by atoms with Crippen LogP contribution < -0.4 is 0 Å². The van der Waals surface area contributed by atoms with Crippen LogP contribution in [0.25, 0.3) is 88.6 Å². The van der Waals surface area contributed by atoms with Crippen molar-refractivity contribution < 1.29 is 13.2 Å². The Morgan fingerprint density at radius 2 is 0.915 bits per heavy atom. The Labute approximate surface area is 339 Å². The van der Waals surface area contributed by atoms with Gasteiger partial charge in [0.1, 0.15) is 11.6 Å². The molecule has 288 valence electrons. The summed E-state index contributed by atoms with van der Waals surface area (Å²) in [5, 5.41) is 4.43. The molecule has 5 nitrogen and oxygen atoms in total. The van der Waals surface area contributed by atoms with Crippen LogP contribution in [0, 0.1) is 34.6 Å². The van der Waals surface area contributed by atoms with Crippen molar-refractivity contribution in [3.63, 3.8) is 0 Å². The van der Waals surface area contributed by atoms with Gasteiger partial charge in [-0.05, 0) is 118 Å². The van der Waals surface area contributed by atoms with E-state index in [1.807, 2.05) is 26.0 Å². The van der Waals surface area contributed by atoms with Crippen LogP contribution in [0.4, 0.5) is 13.2 Å². The lowest BCUT2D eigenvalue weighted by Gasteiger charge is -2.20. The predicted octanol–water partition coefficient (Wildman–Crippen LogP) is 13.6. The van der Waals surface area contributed by atoms with Crippen LogP contribution >= 0.6 is 0 Å². The minimum Gasteiger partial charge on any atom is -0.309 e. The number of hydrogen-bond donors (Lipinski definition) is 0. The van der Waals surface area contributed by atoms with E-state index in [0.29, 0.717) is 23.0 Å². The Bertz CT molecular complexity index is 3250. The number of hydrogen-bond acceptors (Lipinski definition) is 3. The van der Waals surface area contributed by atoms with E-state index < -0.39 is 11.7 Å². The highest BCUT2D eigenvalue weighted by Crippen LogP contribution is 2.44. The number of para-hydroxylation sites is 1. The third kappa shape index (κ3) is 6.06. The Balaban J connectivity index is 1.30. The number of benzene rings is 7. The van der Waals surface area contributed by atoms with Crippen LogP contribution in [-0.4, -0.2) is 24.1 Å². The number of aryl methyl sites for hydroxylation is 5. The standard InChI is InChI=1S/C51H38F3N5/c1-29-14-20-45-39(24-29)38-11-7-9-13-44(38)58(45)48-23-18-34(27-42(48)50-56-32(4)55-33(5)57-50)37-19-17-35(36-10-6-8-12-43(36)51(52,53)54)28-49(37)59-46-21-15-30(2)25-40(46)41-26-31(3)16-22-47(41)59/h6-28H,1-5H3. The van der Waals surface area contributed by atoms with Gasteiger partial charge in [0.15, 0.2) is 5.82 Å². The zero-order valence-electron chi connectivity index (χ0n) is 33.1. The normalized spacial score (nSPS) is 12.1. The van der Waals surface area contributed by atoms with Gasteiger partial charge < -0.3 is 9.13 Å². The fraction of sp³-hybridized carbons (Fsp3) is 0.118. The van der Waals surface area contributed by atoms with Crippen LogP contribution in [0.5, 0.6) is 0 Å². The Morgan fingerprint density at radius 3 is 1.54 bits per heavy atom. The van der Waals surface area contributed by atoms with E-state index in [-0.39, 0.29) is 5.56 Å². The summed E-state index contributed by atoms with van der Waals surface area (Å²) in [6.45, 7) is 9.99. The van der Waals surface area contributed by atoms with Crippen LogP contribution in [0.15, 0.2) is 140 Å². The molecule has 3 heterocycles. The summed E-state index contributed by atoms with van der Waals surface area (Å²) in [6.07, 6.45) is -4.53. The molecule has 0 aliphatic rings. The number of aromatic nitrogens is 5. The minimum atomic E-state index is -4.53. The highest BCUT2D eigenvalue weighted by Gasteiger charge is 2.33. The number of nitrogens with zero attached hydrogens (tertiary/aromatic N) is 5. The molecule has 0 atom stereocenters. The Hall–Kier alpha value is -7.06. The van der Waals surface area contributed by atoms with Gasteiger partial charge in [0.25, 0.3) is 0 Å². The summed E-state index contributed by atoms with van der Waals surface area (Å²) in [5.74, 6) is 1.74. The fourth-order valence-corrected chi connectivity index (χ4v) is 8.78. The lowest BCUT2D eigenvalue weighted by Crippen LogP contribution is -2.07. The van der Waals surface area contributed by atoms with Crippen molar-refractivity contribution >= 4 is 43.6 Å². The minimum absolute atomic E-state index is 0.119. The molecule has 8 heteroatoms. The van der Waals surface area contributed by atoms with E-state index in [1.165, 1.54) is 11.6 Å². The fourth-order valence-electron chi connectivity index (χ4n) is 8.78.